The fourth-order valence-electron chi connectivity index (χ4n) is 2.74. The van der Waals surface area contributed by atoms with Crippen molar-refractivity contribution in [3.05, 3.63) is 30.1 Å². The molecule has 1 aromatic rings. The van der Waals surface area contributed by atoms with E-state index in [0.29, 0.717) is 5.92 Å². The van der Waals surface area contributed by atoms with Crippen LogP contribution >= 0.6 is 0 Å². The van der Waals surface area contributed by atoms with Crippen molar-refractivity contribution in [3.63, 3.8) is 0 Å². The summed E-state index contributed by atoms with van der Waals surface area (Å²) in [7, 11) is 0. The minimum atomic E-state index is -0.689. The normalized spacial score (nSPS) is 28.4. The van der Waals surface area contributed by atoms with E-state index in [2.05, 4.69) is 11.9 Å². The van der Waals surface area contributed by atoms with Crippen molar-refractivity contribution < 1.29 is 9.90 Å². The molecule has 3 heteroatoms. The van der Waals surface area contributed by atoms with Gasteiger partial charge in [0.05, 0.1) is 5.41 Å². The summed E-state index contributed by atoms with van der Waals surface area (Å²) < 4.78 is 0. The van der Waals surface area contributed by atoms with E-state index in [1.807, 2.05) is 12.1 Å². The second-order valence-corrected chi connectivity index (χ2v) is 4.69. The molecule has 1 heterocycles. The molecule has 0 spiro atoms. The second-order valence-electron chi connectivity index (χ2n) is 4.69. The first-order chi connectivity index (χ1) is 7.69. The van der Waals surface area contributed by atoms with Gasteiger partial charge in [-0.15, -0.1) is 0 Å². The standard InChI is InChI=1S/C13H17NO2/c1-2-3-10-8-13(9-10,12(15)16)11-4-6-14-7-5-11/h4-7,10H,2-3,8-9H2,1H3,(H,15,16). The van der Waals surface area contributed by atoms with Gasteiger partial charge in [-0.1, -0.05) is 19.8 Å². The Morgan fingerprint density at radius 2 is 2.12 bits per heavy atom. The number of carbonyl (C=O) groups is 1. The Morgan fingerprint density at radius 3 is 2.62 bits per heavy atom. The maximum absolute atomic E-state index is 11.4. The van der Waals surface area contributed by atoms with Crippen LogP contribution in [0.2, 0.25) is 0 Å². The molecular weight excluding hydrogens is 202 g/mol. The lowest BCUT2D eigenvalue weighted by atomic mass is 9.58. The molecule has 1 aliphatic carbocycles. The smallest absolute Gasteiger partial charge is 0.314 e. The number of carboxylic acids is 1. The van der Waals surface area contributed by atoms with Crippen LogP contribution in [0.1, 0.15) is 38.2 Å². The van der Waals surface area contributed by atoms with Gasteiger partial charge in [0.15, 0.2) is 0 Å². The zero-order valence-electron chi connectivity index (χ0n) is 9.52. The Morgan fingerprint density at radius 1 is 1.50 bits per heavy atom. The van der Waals surface area contributed by atoms with Crippen molar-refractivity contribution in [3.8, 4) is 0 Å². The topological polar surface area (TPSA) is 50.2 Å². The summed E-state index contributed by atoms with van der Waals surface area (Å²) in [6.45, 7) is 2.15. The molecule has 3 nitrogen and oxygen atoms in total. The minimum absolute atomic E-state index is 0.578. The molecule has 0 bridgehead atoms. The first-order valence-corrected chi connectivity index (χ1v) is 5.83. The molecule has 0 saturated heterocycles. The SMILES string of the molecule is CCCC1CC(C(=O)O)(c2ccncc2)C1. The van der Waals surface area contributed by atoms with Crippen LogP contribution in [-0.4, -0.2) is 16.1 Å². The highest BCUT2D eigenvalue weighted by Gasteiger charge is 2.50. The maximum atomic E-state index is 11.4. The highest BCUT2D eigenvalue weighted by molar-refractivity contribution is 5.82. The van der Waals surface area contributed by atoms with Gasteiger partial charge < -0.3 is 5.11 Å². The van der Waals surface area contributed by atoms with Crippen LogP contribution in [0.5, 0.6) is 0 Å². The van der Waals surface area contributed by atoms with Crippen molar-refractivity contribution in [2.45, 2.75) is 38.0 Å². The number of pyridine rings is 1. The second kappa shape index (κ2) is 4.24. The van der Waals surface area contributed by atoms with E-state index in [1.54, 1.807) is 12.4 Å². The van der Waals surface area contributed by atoms with Crippen molar-refractivity contribution in [1.29, 1.82) is 0 Å². The van der Waals surface area contributed by atoms with E-state index >= 15 is 0 Å². The zero-order chi connectivity index (χ0) is 11.6. The molecule has 1 fully saturated rings. The minimum Gasteiger partial charge on any atom is -0.481 e. The van der Waals surface area contributed by atoms with Crippen molar-refractivity contribution >= 4 is 5.97 Å². The molecule has 0 unspecified atom stereocenters. The summed E-state index contributed by atoms with van der Waals surface area (Å²) in [5.41, 5.74) is 0.269. The average molecular weight is 219 g/mol. The molecule has 1 aromatic heterocycles. The summed E-state index contributed by atoms with van der Waals surface area (Å²) in [5.74, 6) is -0.111. The van der Waals surface area contributed by atoms with Crippen molar-refractivity contribution in [2.24, 2.45) is 5.92 Å². The van der Waals surface area contributed by atoms with E-state index < -0.39 is 11.4 Å². The third-order valence-corrected chi connectivity index (χ3v) is 3.61. The molecule has 1 aliphatic rings. The number of aliphatic carboxylic acids is 1. The van der Waals surface area contributed by atoms with Gasteiger partial charge in [-0.2, -0.15) is 0 Å². The number of aromatic nitrogens is 1. The molecule has 16 heavy (non-hydrogen) atoms. The molecule has 0 atom stereocenters. The van der Waals surface area contributed by atoms with E-state index in [0.717, 1.165) is 31.2 Å². The highest BCUT2D eigenvalue weighted by Crippen LogP contribution is 2.49. The van der Waals surface area contributed by atoms with Gasteiger partial charge in [0.2, 0.25) is 0 Å². The van der Waals surface area contributed by atoms with Crippen LogP contribution in [0, 0.1) is 5.92 Å². The fourth-order valence-corrected chi connectivity index (χ4v) is 2.74. The van der Waals surface area contributed by atoms with Crippen LogP contribution in [0.3, 0.4) is 0 Å². The zero-order valence-corrected chi connectivity index (χ0v) is 9.52. The molecule has 0 amide bonds. The number of hydrogen-bond donors (Lipinski definition) is 1. The molecule has 1 N–H and O–H groups in total. The summed E-state index contributed by atoms with van der Waals surface area (Å²) in [6.07, 6.45) is 7.18. The summed E-state index contributed by atoms with van der Waals surface area (Å²) in [6, 6.07) is 3.66. The van der Waals surface area contributed by atoms with Gasteiger partial charge in [0.1, 0.15) is 0 Å². The van der Waals surface area contributed by atoms with Crippen molar-refractivity contribution in [1.82, 2.24) is 4.98 Å². The van der Waals surface area contributed by atoms with Gasteiger partial charge in [-0.25, -0.2) is 0 Å². The Labute approximate surface area is 95.5 Å². The number of carboxylic acid groups (broad SMARTS) is 1. The van der Waals surface area contributed by atoms with Crippen LogP contribution in [-0.2, 0) is 10.2 Å². The number of hydrogen-bond acceptors (Lipinski definition) is 2. The van der Waals surface area contributed by atoms with E-state index in [4.69, 9.17) is 0 Å². The third kappa shape index (κ3) is 1.70. The van der Waals surface area contributed by atoms with Crippen molar-refractivity contribution in [2.75, 3.05) is 0 Å². The summed E-state index contributed by atoms with van der Waals surface area (Å²) in [5, 5.41) is 9.40. The van der Waals surface area contributed by atoms with Gasteiger partial charge in [0, 0.05) is 12.4 Å². The molecular formula is C13H17NO2. The van der Waals surface area contributed by atoms with Gasteiger partial charge in [-0.3, -0.25) is 9.78 Å². The lowest BCUT2D eigenvalue weighted by Crippen LogP contribution is -2.47. The highest BCUT2D eigenvalue weighted by atomic mass is 16.4. The quantitative estimate of drug-likeness (QED) is 0.846. The average Bonchev–Trinajstić information content (AvgIpc) is 2.23. The largest absolute Gasteiger partial charge is 0.481 e. The molecule has 1 saturated carbocycles. The Bertz CT molecular complexity index is 369. The van der Waals surface area contributed by atoms with Gasteiger partial charge >= 0.3 is 5.97 Å². The van der Waals surface area contributed by atoms with E-state index in [1.165, 1.54) is 0 Å². The van der Waals surface area contributed by atoms with E-state index in [-0.39, 0.29) is 0 Å². The predicted octanol–water partition coefficient (Wildman–Crippen LogP) is 2.61. The summed E-state index contributed by atoms with van der Waals surface area (Å²) in [4.78, 5) is 15.4. The lowest BCUT2D eigenvalue weighted by molar-refractivity contribution is -0.150. The fraction of sp³-hybridized carbons (Fsp3) is 0.538. The third-order valence-electron chi connectivity index (χ3n) is 3.61. The summed E-state index contributed by atoms with van der Waals surface area (Å²) >= 11 is 0. The lowest BCUT2D eigenvalue weighted by Gasteiger charge is -2.44. The number of rotatable bonds is 4. The van der Waals surface area contributed by atoms with Crippen LogP contribution in [0.25, 0.3) is 0 Å². The molecule has 2 rings (SSSR count). The monoisotopic (exact) mass is 219 g/mol. The Kier molecular flexibility index (Phi) is 2.95. The predicted molar refractivity (Wildman–Crippen MR) is 61.2 cm³/mol. The molecule has 86 valence electrons. The molecule has 0 radical (unpaired) electrons. The van der Waals surface area contributed by atoms with Gasteiger partial charge in [0.25, 0.3) is 0 Å². The van der Waals surface area contributed by atoms with E-state index in [9.17, 15) is 9.90 Å². The first-order valence-electron chi connectivity index (χ1n) is 5.83. The van der Waals surface area contributed by atoms with Crippen LogP contribution in [0.15, 0.2) is 24.5 Å². The molecule has 0 aromatic carbocycles. The first kappa shape index (κ1) is 11.1. The Hall–Kier alpha value is -1.38. The maximum Gasteiger partial charge on any atom is 0.314 e. The number of nitrogens with zero attached hydrogens (tertiary/aromatic N) is 1. The van der Waals surface area contributed by atoms with Gasteiger partial charge in [-0.05, 0) is 36.5 Å². The molecule has 0 aliphatic heterocycles. The Balaban J connectivity index is 2.18. The van der Waals surface area contributed by atoms with Crippen LogP contribution in [0.4, 0.5) is 0 Å². The van der Waals surface area contributed by atoms with Crippen LogP contribution < -0.4 is 0 Å².